The van der Waals surface area contributed by atoms with E-state index in [9.17, 15) is 4.39 Å². The van der Waals surface area contributed by atoms with E-state index in [4.69, 9.17) is 22.1 Å². The van der Waals surface area contributed by atoms with Crippen molar-refractivity contribution in [2.45, 2.75) is 32.2 Å². The van der Waals surface area contributed by atoms with Gasteiger partial charge in [-0.1, -0.05) is 18.0 Å². The molecule has 1 fully saturated rings. The van der Waals surface area contributed by atoms with Gasteiger partial charge in [-0.3, -0.25) is 0 Å². The van der Waals surface area contributed by atoms with Gasteiger partial charge in [0.05, 0.1) is 11.6 Å². The van der Waals surface area contributed by atoms with Crippen molar-refractivity contribution < 1.29 is 9.13 Å². The van der Waals surface area contributed by atoms with Crippen LogP contribution in [-0.4, -0.2) is 6.61 Å². The van der Waals surface area contributed by atoms with Crippen LogP contribution in [0.3, 0.4) is 0 Å². The highest BCUT2D eigenvalue weighted by Gasteiger charge is 2.26. The Morgan fingerprint density at radius 3 is 2.61 bits per heavy atom. The van der Waals surface area contributed by atoms with Gasteiger partial charge in [0.15, 0.2) is 11.6 Å². The maximum atomic E-state index is 13.8. The quantitative estimate of drug-likeness (QED) is 0.907. The molecule has 1 aromatic carbocycles. The SMILES string of the molecule is CCOc1c(F)cc([C@@H](N)C2CCC2)cc1Cl.Cl. The molecule has 0 heterocycles. The van der Waals surface area contributed by atoms with Gasteiger partial charge in [0.25, 0.3) is 0 Å². The van der Waals surface area contributed by atoms with E-state index in [1.54, 1.807) is 13.0 Å². The Hall–Kier alpha value is -0.510. The molecule has 0 aliphatic heterocycles. The summed E-state index contributed by atoms with van der Waals surface area (Å²) in [4.78, 5) is 0. The summed E-state index contributed by atoms with van der Waals surface area (Å²) in [7, 11) is 0. The average Bonchev–Trinajstić information content (AvgIpc) is 2.20. The molecule has 2 nitrogen and oxygen atoms in total. The molecule has 2 rings (SSSR count). The highest BCUT2D eigenvalue weighted by molar-refractivity contribution is 6.32. The lowest BCUT2D eigenvalue weighted by Crippen LogP contribution is -2.26. The lowest BCUT2D eigenvalue weighted by atomic mass is 9.77. The van der Waals surface area contributed by atoms with Crippen molar-refractivity contribution >= 4 is 24.0 Å². The minimum absolute atomic E-state index is 0. The molecule has 0 aromatic heterocycles. The van der Waals surface area contributed by atoms with Gasteiger partial charge < -0.3 is 10.5 Å². The summed E-state index contributed by atoms with van der Waals surface area (Å²) in [5, 5.41) is 0.302. The van der Waals surface area contributed by atoms with Crippen LogP contribution in [0.2, 0.25) is 5.02 Å². The lowest BCUT2D eigenvalue weighted by molar-refractivity contribution is 0.263. The Labute approximate surface area is 118 Å². The van der Waals surface area contributed by atoms with Gasteiger partial charge in [-0.25, -0.2) is 4.39 Å². The molecular weight excluding hydrogens is 276 g/mol. The fraction of sp³-hybridized carbons (Fsp3) is 0.538. The number of hydrogen-bond donors (Lipinski definition) is 1. The third-order valence-corrected chi connectivity index (χ3v) is 3.63. The molecule has 0 radical (unpaired) electrons. The standard InChI is InChI=1S/C13H17ClFNO.ClH/c1-2-17-13-10(14)6-9(7-11(13)15)12(16)8-4-3-5-8;/h6-8,12H,2-5,16H2,1H3;1H/t12-;/m0./s1. The molecule has 0 amide bonds. The molecule has 1 aliphatic carbocycles. The molecule has 1 aromatic rings. The lowest BCUT2D eigenvalue weighted by Gasteiger charge is -2.31. The fourth-order valence-electron chi connectivity index (χ4n) is 2.13. The summed E-state index contributed by atoms with van der Waals surface area (Å²) < 4.78 is 18.9. The normalized spacial score (nSPS) is 16.7. The minimum atomic E-state index is -0.427. The molecule has 0 bridgehead atoms. The zero-order valence-corrected chi connectivity index (χ0v) is 11.9. The van der Waals surface area contributed by atoms with E-state index >= 15 is 0 Å². The Morgan fingerprint density at radius 2 is 2.17 bits per heavy atom. The van der Waals surface area contributed by atoms with Crippen LogP contribution < -0.4 is 10.5 Å². The molecule has 0 unspecified atom stereocenters. The third kappa shape index (κ3) is 3.08. The first-order chi connectivity index (χ1) is 8.13. The Balaban J connectivity index is 0.00000162. The Kier molecular flexibility index (Phi) is 5.70. The number of rotatable bonds is 4. The molecule has 1 saturated carbocycles. The molecule has 1 atom stereocenters. The van der Waals surface area contributed by atoms with Crippen LogP contribution in [0.1, 0.15) is 37.8 Å². The van der Waals surface area contributed by atoms with Gasteiger partial charge in [0.2, 0.25) is 0 Å². The zero-order chi connectivity index (χ0) is 12.4. The number of ether oxygens (including phenoxy) is 1. The molecule has 1 aliphatic rings. The molecule has 102 valence electrons. The van der Waals surface area contributed by atoms with Crippen LogP contribution in [0, 0.1) is 11.7 Å². The van der Waals surface area contributed by atoms with Gasteiger partial charge >= 0.3 is 0 Å². The Bertz CT molecular complexity index is 387. The van der Waals surface area contributed by atoms with Gasteiger partial charge in [-0.2, -0.15) is 0 Å². The molecule has 2 N–H and O–H groups in total. The van der Waals surface area contributed by atoms with Crippen molar-refractivity contribution in [1.29, 1.82) is 0 Å². The second kappa shape index (κ2) is 6.60. The largest absolute Gasteiger partial charge is 0.489 e. The van der Waals surface area contributed by atoms with Crippen LogP contribution >= 0.6 is 24.0 Å². The second-order valence-electron chi connectivity index (χ2n) is 4.46. The molecule has 0 saturated heterocycles. The molecule has 0 spiro atoms. The van der Waals surface area contributed by atoms with Crippen LogP contribution in [0.4, 0.5) is 4.39 Å². The first-order valence-corrected chi connectivity index (χ1v) is 6.38. The maximum absolute atomic E-state index is 13.8. The summed E-state index contributed by atoms with van der Waals surface area (Å²) >= 11 is 6.00. The van der Waals surface area contributed by atoms with Crippen molar-refractivity contribution in [3.8, 4) is 5.75 Å². The van der Waals surface area contributed by atoms with Crippen LogP contribution in [0.5, 0.6) is 5.75 Å². The van der Waals surface area contributed by atoms with E-state index in [1.807, 2.05) is 0 Å². The monoisotopic (exact) mass is 293 g/mol. The van der Waals surface area contributed by atoms with Crippen molar-refractivity contribution in [3.05, 3.63) is 28.5 Å². The number of nitrogens with two attached hydrogens (primary N) is 1. The maximum Gasteiger partial charge on any atom is 0.173 e. The van der Waals surface area contributed by atoms with Crippen molar-refractivity contribution in [2.24, 2.45) is 11.7 Å². The minimum Gasteiger partial charge on any atom is -0.489 e. The fourth-order valence-corrected chi connectivity index (χ4v) is 2.40. The molecule has 5 heteroatoms. The summed E-state index contributed by atoms with van der Waals surface area (Å²) in [6, 6.07) is 3.05. The predicted molar refractivity (Wildman–Crippen MR) is 74.1 cm³/mol. The highest BCUT2D eigenvalue weighted by Crippen LogP contribution is 2.39. The number of hydrogen-bond acceptors (Lipinski definition) is 2. The number of halogens is 3. The first-order valence-electron chi connectivity index (χ1n) is 6.00. The van der Waals surface area contributed by atoms with E-state index in [1.165, 1.54) is 12.5 Å². The topological polar surface area (TPSA) is 35.2 Å². The van der Waals surface area contributed by atoms with Crippen molar-refractivity contribution in [2.75, 3.05) is 6.61 Å². The van der Waals surface area contributed by atoms with E-state index in [-0.39, 0.29) is 24.2 Å². The first kappa shape index (κ1) is 15.5. The summed E-state index contributed by atoms with van der Waals surface area (Å²) in [6.07, 6.45) is 3.45. The molecule has 18 heavy (non-hydrogen) atoms. The summed E-state index contributed by atoms with van der Waals surface area (Å²) in [5.41, 5.74) is 6.86. The second-order valence-corrected chi connectivity index (χ2v) is 4.87. The van der Waals surface area contributed by atoms with Crippen LogP contribution in [0.25, 0.3) is 0 Å². The van der Waals surface area contributed by atoms with Gasteiger partial charge in [-0.05, 0) is 43.4 Å². The van der Waals surface area contributed by atoms with E-state index in [2.05, 4.69) is 0 Å². The van der Waals surface area contributed by atoms with Crippen molar-refractivity contribution in [1.82, 2.24) is 0 Å². The predicted octanol–water partition coefficient (Wildman–Crippen LogP) is 4.10. The van der Waals surface area contributed by atoms with Crippen LogP contribution in [-0.2, 0) is 0 Å². The van der Waals surface area contributed by atoms with E-state index < -0.39 is 5.82 Å². The van der Waals surface area contributed by atoms with E-state index in [0.717, 1.165) is 18.4 Å². The highest BCUT2D eigenvalue weighted by atomic mass is 35.5. The van der Waals surface area contributed by atoms with Gasteiger partial charge in [0.1, 0.15) is 0 Å². The van der Waals surface area contributed by atoms with Crippen LogP contribution in [0.15, 0.2) is 12.1 Å². The summed E-state index contributed by atoms with van der Waals surface area (Å²) in [5.74, 6) is 0.159. The smallest absolute Gasteiger partial charge is 0.173 e. The average molecular weight is 294 g/mol. The van der Waals surface area contributed by atoms with Gasteiger partial charge in [0, 0.05) is 6.04 Å². The third-order valence-electron chi connectivity index (χ3n) is 3.35. The van der Waals surface area contributed by atoms with Crippen molar-refractivity contribution in [3.63, 3.8) is 0 Å². The Morgan fingerprint density at radius 1 is 1.50 bits per heavy atom. The van der Waals surface area contributed by atoms with Gasteiger partial charge in [-0.15, -0.1) is 12.4 Å². The van der Waals surface area contributed by atoms with E-state index in [0.29, 0.717) is 17.5 Å². The number of benzene rings is 1. The molecular formula is C13H18Cl2FNO. The summed E-state index contributed by atoms with van der Waals surface area (Å²) in [6.45, 7) is 2.19. The zero-order valence-electron chi connectivity index (χ0n) is 10.3.